The zero-order valence-electron chi connectivity index (χ0n) is 19.4. The van der Waals surface area contributed by atoms with Crippen LogP contribution >= 0.6 is 0 Å². The second-order valence-electron chi connectivity index (χ2n) is 9.60. The molecule has 32 heavy (non-hydrogen) atoms. The van der Waals surface area contributed by atoms with Gasteiger partial charge in [-0.15, -0.1) is 0 Å². The van der Waals surface area contributed by atoms with Crippen molar-refractivity contribution in [3.63, 3.8) is 0 Å². The number of aromatic amines is 1. The lowest BCUT2D eigenvalue weighted by atomic mass is 9.79. The Morgan fingerprint density at radius 3 is 2.34 bits per heavy atom. The molecule has 1 aliphatic heterocycles. The van der Waals surface area contributed by atoms with E-state index in [1.54, 1.807) is 6.08 Å². The van der Waals surface area contributed by atoms with Gasteiger partial charge >= 0.3 is 5.97 Å². The lowest BCUT2D eigenvalue weighted by Gasteiger charge is -2.43. The second-order valence-corrected chi connectivity index (χ2v) is 9.60. The third kappa shape index (κ3) is 4.83. The van der Waals surface area contributed by atoms with Crippen LogP contribution in [0.15, 0.2) is 60.3 Å². The van der Waals surface area contributed by atoms with Gasteiger partial charge < -0.3 is 9.47 Å². The molecule has 0 saturated carbocycles. The molecule has 2 heterocycles. The summed E-state index contributed by atoms with van der Waals surface area (Å²) in [6.07, 6.45) is 6.78. The van der Waals surface area contributed by atoms with Crippen LogP contribution in [0.1, 0.15) is 57.2 Å². The number of hydrogen-bond acceptors (Lipinski definition) is 4. The standard InChI is InChI=1S/C27H30N2O3/c1-26(2)15-22(16-27(3,4)32-26)25(20-11-12-23-21(14-20)17-28-29-23)19-9-6-18(7-10-19)8-13-24(30)31-5/h6-14,17H,15-16H2,1-5H3,(H,28,29)/b13-8+. The molecule has 0 unspecified atom stereocenters. The summed E-state index contributed by atoms with van der Waals surface area (Å²) in [6, 6.07) is 14.7. The monoisotopic (exact) mass is 430 g/mol. The quantitative estimate of drug-likeness (QED) is 0.412. The summed E-state index contributed by atoms with van der Waals surface area (Å²) < 4.78 is 11.0. The van der Waals surface area contributed by atoms with E-state index in [1.165, 1.54) is 29.9 Å². The second kappa shape index (κ2) is 8.40. The minimum atomic E-state index is -0.364. The third-order valence-electron chi connectivity index (χ3n) is 5.73. The molecule has 1 aliphatic rings. The molecule has 2 aromatic carbocycles. The fraction of sp³-hybridized carbons (Fsp3) is 0.333. The van der Waals surface area contributed by atoms with Gasteiger partial charge in [0.05, 0.1) is 30.0 Å². The highest BCUT2D eigenvalue weighted by molar-refractivity contribution is 5.89. The Labute approximate surface area is 189 Å². The number of H-pyrrole nitrogens is 1. The highest BCUT2D eigenvalue weighted by Gasteiger charge is 2.37. The normalized spacial score (nSPS) is 17.6. The molecule has 1 aromatic heterocycles. The van der Waals surface area contributed by atoms with E-state index < -0.39 is 0 Å². The van der Waals surface area contributed by atoms with Crippen molar-refractivity contribution >= 4 is 28.5 Å². The van der Waals surface area contributed by atoms with Gasteiger partial charge in [0, 0.05) is 11.5 Å². The predicted octanol–water partition coefficient (Wildman–Crippen LogP) is 5.92. The van der Waals surface area contributed by atoms with E-state index in [4.69, 9.17) is 4.74 Å². The number of methoxy groups -OCH3 is 1. The molecule has 0 spiro atoms. The largest absolute Gasteiger partial charge is 0.466 e. The summed E-state index contributed by atoms with van der Waals surface area (Å²) in [5.41, 5.74) is 6.41. The number of carbonyl (C=O) groups is 1. The summed E-state index contributed by atoms with van der Waals surface area (Å²) in [6.45, 7) is 8.63. The molecular weight excluding hydrogens is 400 g/mol. The number of rotatable bonds is 4. The zero-order chi connectivity index (χ0) is 22.9. The molecule has 0 radical (unpaired) electrons. The number of ether oxygens (including phenoxy) is 2. The van der Waals surface area contributed by atoms with Gasteiger partial charge in [0.15, 0.2) is 0 Å². The minimum Gasteiger partial charge on any atom is -0.466 e. The molecule has 0 bridgehead atoms. The zero-order valence-corrected chi connectivity index (χ0v) is 19.4. The van der Waals surface area contributed by atoms with Crippen LogP contribution in [0.5, 0.6) is 0 Å². The summed E-state index contributed by atoms with van der Waals surface area (Å²) in [4.78, 5) is 11.4. The van der Waals surface area contributed by atoms with Crippen molar-refractivity contribution in [2.45, 2.75) is 51.7 Å². The number of aromatic nitrogens is 2. The maximum atomic E-state index is 11.4. The van der Waals surface area contributed by atoms with Crippen molar-refractivity contribution in [1.82, 2.24) is 10.2 Å². The van der Waals surface area contributed by atoms with Gasteiger partial charge in [0.2, 0.25) is 0 Å². The highest BCUT2D eigenvalue weighted by atomic mass is 16.5. The Balaban J connectivity index is 1.83. The first-order valence-corrected chi connectivity index (χ1v) is 10.9. The number of esters is 1. The molecule has 4 rings (SSSR count). The van der Waals surface area contributed by atoms with Crippen molar-refractivity contribution in [2.24, 2.45) is 0 Å². The topological polar surface area (TPSA) is 64.2 Å². The van der Waals surface area contributed by atoms with Crippen LogP contribution in [0, 0.1) is 0 Å². The van der Waals surface area contributed by atoms with Gasteiger partial charge in [-0.1, -0.05) is 35.9 Å². The van der Waals surface area contributed by atoms with Gasteiger partial charge in [0.25, 0.3) is 0 Å². The lowest BCUT2D eigenvalue weighted by Crippen LogP contribution is -2.42. The van der Waals surface area contributed by atoms with E-state index in [0.29, 0.717) is 0 Å². The SMILES string of the molecule is COC(=O)/C=C/c1ccc(C(=C2CC(C)(C)OC(C)(C)C2)c2ccc3[nH]ncc3c2)cc1. The molecule has 0 amide bonds. The van der Waals surface area contributed by atoms with Crippen LogP contribution in [0.2, 0.25) is 0 Å². The summed E-state index contributed by atoms with van der Waals surface area (Å²) >= 11 is 0. The third-order valence-corrected chi connectivity index (χ3v) is 5.73. The molecule has 5 nitrogen and oxygen atoms in total. The average molecular weight is 431 g/mol. The molecule has 1 fully saturated rings. The number of nitrogens with zero attached hydrogens (tertiary/aromatic N) is 1. The van der Waals surface area contributed by atoms with Crippen molar-refractivity contribution in [3.05, 3.63) is 77.0 Å². The van der Waals surface area contributed by atoms with Crippen LogP contribution in [-0.4, -0.2) is 34.5 Å². The van der Waals surface area contributed by atoms with Gasteiger partial charge in [0.1, 0.15) is 0 Å². The maximum Gasteiger partial charge on any atom is 0.330 e. The fourth-order valence-corrected chi connectivity index (χ4v) is 4.75. The van der Waals surface area contributed by atoms with E-state index in [9.17, 15) is 4.79 Å². The van der Waals surface area contributed by atoms with Crippen molar-refractivity contribution in [3.8, 4) is 0 Å². The highest BCUT2D eigenvalue weighted by Crippen LogP contribution is 2.43. The molecule has 1 saturated heterocycles. The van der Waals surface area contributed by atoms with Crippen LogP contribution in [-0.2, 0) is 14.3 Å². The van der Waals surface area contributed by atoms with Crippen LogP contribution < -0.4 is 0 Å². The first-order valence-electron chi connectivity index (χ1n) is 10.9. The van der Waals surface area contributed by atoms with Crippen molar-refractivity contribution in [2.75, 3.05) is 7.11 Å². The van der Waals surface area contributed by atoms with Gasteiger partial charge in [-0.3, -0.25) is 5.10 Å². The Kier molecular flexibility index (Phi) is 5.78. The smallest absolute Gasteiger partial charge is 0.330 e. The molecule has 3 aromatic rings. The molecule has 166 valence electrons. The summed E-state index contributed by atoms with van der Waals surface area (Å²) in [5, 5.41) is 8.30. The lowest BCUT2D eigenvalue weighted by molar-refractivity contribution is -0.139. The van der Waals surface area contributed by atoms with E-state index in [-0.39, 0.29) is 17.2 Å². The first kappa shape index (κ1) is 22.0. The predicted molar refractivity (Wildman–Crippen MR) is 128 cm³/mol. The first-order chi connectivity index (χ1) is 15.2. The number of carbonyl (C=O) groups excluding carboxylic acids is 1. The van der Waals surface area contributed by atoms with Gasteiger partial charge in [-0.2, -0.15) is 5.10 Å². The van der Waals surface area contributed by atoms with Crippen molar-refractivity contribution in [1.29, 1.82) is 0 Å². The van der Waals surface area contributed by atoms with Gasteiger partial charge in [-0.05, 0) is 81.0 Å². The average Bonchev–Trinajstić information content (AvgIpc) is 3.19. The summed E-state index contributed by atoms with van der Waals surface area (Å²) in [7, 11) is 1.38. The van der Waals surface area contributed by atoms with Crippen LogP contribution in [0.4, 0.5) is 0 Å². The number of benzene rings is 2. The number of nitrogens with one attached hydrogen (secondary N) is 1. The number of fused-ring (bicyclic) bond motifs is 1. The van der Waals surface area contributed by atoms with E-state index >= 15 is 0 Å². The molecule has 5 heteroatoms. The molecule has 1 N–H and O–H groups in total. The Bertz CT molecular complexity index is 1180. The Hall–Kier alpha value is -3.18. The number of hydrogen-bond donors (Lipinski definition) is 1. The maximum absolute atomic E-state index is 11.4. The Morgan fingerprint density at radius 1 is 1.03 bits per heavy atom. The van der Waals surface area contributed by atoms with E-state index in [1.807, 2.05) is 18.3 Å². The molecule has 0 atom stereocenters. The summed E-state index contributed by atoms with van der Waals surface area (Å²) in [5.74, 6) is -0.364. The fourth-order valence-electron chi connectivity index (χ4n) is 4.75. The minimum absolute atomic E-state index is 0.245. The molecular formula is C27H30N2O3. The van der Waals surface area contributed by atoms with E-state index in [2.05, 4.69) is 73.0 Å². The van der Waals surface area contributed by atoms with Crippen molar-refractivity contribution < 1.29 is 14.3 Å². The molecule has 0 aliphatic carbocycles. The van der Waals surface area contributed by atoms with Gasteiger partial charge in [-0.25, -0.2) is 4.79 Å². The van der Waals surface area contributed by atoms with E-state index in [0.717, 1.165) is 34.9 Å². The van der Waals surface area contributed by atoms with Crippen LogP contribution in [0.3, 0.4) is 0 Å². The Morgan fingerprint density at radius 2 is 1.69 bits per heavy atom. The van der Waals surface area contributed by atoms with Crippen LogP contribution in [0.25, 0.3) is 22.6 Å².